The maximum atomic E-state index is 4.23. The molecule has 70 valence electrons. The lowest BCUT2D eigenvalue weighted by atomic mass is 10.2. The molecule has 2 heterocycles. The van der Waals surface area contributed by atoms with Crippen LogP contribution >= 0.6 is 0 Å². The highest BCUT2D eigenvalue weighted by Gasteiger charge is 2.01. The Morgan fingerprint density at radius 2 is 2.29 bits per heavy atom. The Labute approximate surface area is 83.2 Å². The first-order valence-electron chi connectivity index (χ1n) is 4.58. The van der Waals surface area contributed by atoms with Crippen LogP contribution in [0.4, 0.5) is 0 Å². The van der Waals surface area contributed by atoms with Crippen molar-refractivity contribution in [1.82, 2.24) is 9.38 Å². The second-order valence-corrected chi connectivity index (χ2v) is 3.03. The van der Waals surface area contributed by atoms with E-state index in [2.05, 4.69) is 22.0 Å². The molecule has 0 saturated heterocycles. The summed E-state index contributed by atoms with van der Waals surface area (Å²) in [6.45, 7) is 5.80. The van der Waals surface area contributed by atoms with E-state index in [1.807, 2.05) is 37.4 Å². The fourth-order valence-electron chi connectivity index (χ4n) is 1.54. The van der Waals surface area contributed by atoms with Crippen molar-refractivity contribution < 1.29 is 0 Å². The summed E-state index contributed by atoms with van der Waals surface area (Å²) in [5, 5.41) is 0. The van der Waals surface area contributed by atoms with Crippen LogP contribution in [0.2, 0.25) is 0 Å². The van der Waals surface area contributed by atoms with Crippen molar-refractivity contribution in [2.45, 2.75) is 6.92 Å². The Hall–Kier alpha value is -1.83. The fraction of sp³-hybridized carbons (Fsp3) is 0.0833. The second-order valence-electron chi connectivity index (χ2n) is 3.03. The van der Waals surface area contributed by atoms with Crippen LogP contribution < -0.4 is 0 Å². The third-order valence-electron chi connectivity index (χ3n) is 2.18. The molecule has 0 radical (unpaired) electrons. The minimum absolute atomic E-state index is 0.962. The van der Waals surface area contributed by atoms with Crippen molar-refractivity contribution in [2.75, 3.05) is 0 Å². The third kappa shape index (κ3) is 1.25. The molecule has 14 heavy (non-hydrogen) atoms. The first kappa shape index (κ1) is 8.75. The lowest BCUT2D eigenvalue weighted by molar-refractivity contribution is 1.15. The SMILES string of the molecule is C=Cc1ccc2nccn2c1/C=C\C. The molecular formula is C12H12N2. The number of rotatable bonds is 2. The van der Waals surface area contributed by atoms with E-state index in [4.69, 9.17) is 0 Å². The number of fused-ring (bicyclic) bond motifs is 1. The molecule has 0 aliphatic heterocycles. The average Bonchev–Trinajstić information content (AvgIpc) is 2.67. The topological polar surface area (TPSA) is 17.3 Å². The zero-order valence-corrected chi connectivity index (χ0v) is 8.14. The van der Waals surface area contributed by atoms with Crippen molar-refractivity contribution >= 4 is 17.8 Å². The maximum absolute atomic E-state index is 4.23. The van der Waals surface area contributed by atoms with Crippen LogP contribution in [0, 0.1) is 0 Å². The van der Waals surface area contributed by atoms with Crippen molar-refractivity contribution in [3.8, 4) is 0 Å². The predicted octanol–water partition coefficient (Wildman–Crippen LogP) is 3.01. The van der Waals surface area contributed by atoms with Gasteiger partial charge in [0, 0.05) is 12.4 Å². The largest absolute Gasteiger partial charge is 0.300 e. The lowest BCUT2D eigenvalue weighted by Gasteiger charge is -2.04. The molecular weight excluding hydrogens is 172 g/mol. The summed E-state index contributed by atoms with van der Waals surface area (Å²) in [5.74, 6) is 0. The monoisotopic (exact) mass is 184 g/mol. The average molecular weight is 184 g/mol. The molecule has 0 aliphatic rings. The molecule has 0 atom stereocenters. The van der Waals surface area contributed by atoms with Crippen molar-refractivity contribution in [1.29, 1.82) is 0 Å². The van der Waals surface area contributed by atoms with Gasteiger partial charge in [-0.05, 0) is 30.7 Å². The molecule has 0 spiro atoms. The Morgan fingerprint density at radius 3 is 3.00 bits per heavy atom. The molecule has 0 amide bonds. The van der Waals surface area contributed by atoms with Gasteiger partial charge in [-0.25, -0.2) is 4.98 Å². The Morgan fingerprint density at radius 1 is 1.43 bits per heavy atom. The van der Waals surface area contributed by atoms with Crippen LogP contribution in [0.1, 0.15) is 18.2 Å². The summed E-state index contributed by atoms with van der Waals surface area (Å²) in [6, 6.07) is 4.02. The van der Waals surface area contributed by atoms with Crippen molar-refractivity contribution in [3.05, 3.63) is 48.4 Å². The van der Waals surface area contributed by atoms with Crippen LogP contribution in [-0.4, -0.2) is 9.38 Å². The van der Waals surface area contributed by atoms with E-state index in [1.54, 1.807) is 6.20 Å². The van der Waals surface area contributed by atoms with Crippen LogP contribution in [0.15, 0.2) is 37.2 Å². The summed E-state index contributed by atoms with van der Waals surface area (Å²) in [4.78, 5) is 4.23. The van der Waals surface area contributed by atoms with E-state index in [1.165, 1.54) is 0 Å². The number of allylic oxidation sites excluding steroid dienone is 1. The van der Waals surface area contributed by atoms with Gasteiger partial charge < -0.3 is 0 Å². The molecule has 0 saturated carbocycles. The maximum Gasteiger partial charge on any atom is 0.137 e. The fourth-order valence-corrected chi connectivity index (χ4v) is 1.54. The van der Waals surface area contributed by atoms with E-state index in [0.717, 1.165) is 16.9 Å². The zero-order valence-electron chi connectivity index (χ0n) is 8.14. The van der Waals surface area contributed by atoms with Gasteiger partial charge in [-0.15, -0.1) is 0 Å². The summed E-state index contributed by atoms with van der Waals surface area (Å²) in [6.07, 6.45) is 9.69. The van der Waals surface area contributed by atoms with Gasteiger partial charge in [0.15, 0.2) is 0 Å². The van der Waals surface area contributed by atoms with E-state index >= 15 is 0 Å². The van der Waals surface area contributed by atoms with Gasteiger partial charge in [0.2, 0.25) is 0 Å². The molecule has 0 aliphatic carbocycles. The smallest absolute Gasteiger partial charge is 0.137 e. The first-order chi connectivity index (χ1) is 6.86. The number of pyridine rings is 1. The summed E-state index contributed by atoms with van der Waals surface area (Å²) in [5.41, 5.74) is 3.20. The van der Waals surface area contributed by atoms with Gasteiger partial charge in [-0.2, -0.15) is 0 Å². The Kier molecular flexibility index (Phi) is 2.19. The van der Waals surface area contributed by atoms with Gasteiger partial charge >= 0.3 is 0 Å². The van der Waals surface area contributed by atoms with Gasteiger partial charge in [-0.3, -0.25) is 4.40 Å². The highest BCUT2D eigenvalue weighted by atomic mass is 15.0. The molecule has 0 unspecified atom stereocenters. The number of hydrogen-bond donors (Lipinski definition) is 0. The zero-order chi connectivity index (χ0) is 9.97. The second kappa shape index (κ2) is 3.50. The van der Waals surface area contributed by atoms with Crippen molar-refractivity contribution in [3.63, 3.8) is 0 Å². The molecule has 0 aromatic carbocycles. The Balaban J connectivity index is 2.81. The van der Waals surface area contributed by atoms with Gasteiger partial charge in [0.05, 0.1) is 5.69 Å². The summed E-state index contributed by atoms with van der Waals surface area (Å²) >= 11 is 0. The predicted molar refractivity (Wildman–Crippen MR) is 60.0 cm³/mol. The molecule has 2 aromatic heterocycles. The van der Waals surface area contributed by atoms with E-state index < -0.39 is 0 Å². The quantitative estimate of drug-likeness (QED) is 0.701. The highest BCUT2D eigenvalue weighted by molar-refractivity contribution is 5.65. The lowest BCUT2D eigenvalue weighted by Crippen LogP contribution is -1.92. The molecule has 2 rings (SSSR count). The summed E-state index contributed by atoms with van der Waals surface area (Å²) < 4.78 is 2.05. The number of hydrogen-bond acceptors (Lipinski definition) is 1. The van der Waals surface area contributed by atoms with Gasteiger partial charge in [0.1, 0.15) is 5.65 Å². The van der Waals surface area contributed by atoms with Crippen LogP contribution in [-0.2, 0) is 0 Å². The van der Waals surface area contributed by atoms with E-state index in [-0.39, 0.29) is 0 Å². The molecule has 0 N–H and O–H groups in total. The standard InChI is InChI=1S/C12H12N2/c1-3-5-11-10(4-2)6-7-12-13-8-9-14(11)12/h3-9H,2H2,1H3/b5-3-. The van der Waals surface area contributed by atoms with Crippen LogP contribution in [0.3, 0.4) is 0 Å². The minimum Gasteiger partial charge on any atom is -0.300 e. The number of aromatic nitrogens is 2. The normalized spacial score (nSPS) is 11.2. The van der Waals surface area contributed by atoms with Crippen LogP contribution in [0.25, 0.3) is 17.8 Å². The summed E-state index contributed by atoms with van der Waals surface area (Å²) in [7, 11) is 0. The first-order valence-corrected chi connectivity index (χ1v) is 4.58. The highest BCUT2D eigenvalue weighted by Crippen LogP contribution is 2.15. The third-order valence-corrected chi connectivity index (χ3v) is 2.18. The Bertz CT molecular complexity index is 492. The van der Waals surface area contributed by atoms with Gasteiger partial charge in [0.25, 0.3) is 0 Å². The molecule has 2 nitrogen and oxygen atoms in total. The molecule has 2 aromatic rings. The molecule has 0 bridgehead atoms. The van der Waals surface area contributed by atoms with Crippen molar-refractivity contribution in [2.24, 2.45) is 0 Å². The number of nitrogens with zero attached hydrogens (tertiary/aromatic N) is 2. The van der Waals surface area contributed by atoms with E-state index in [9.17, 15) is 0 Å². The van der Waals surface area contributed by atoms with Gasteiger partial charge in [-0.1, -0.05) is 18.7 Å². The van der Waals surface area contributed by atoms with E-state index in [0.29, 0.717) is 0 Å². The number of imidazole rings is 1. The van der Waals surface area contributed by atoms with Crippen LogP contribution in [0.5, 0.6) is 0 Å². The molecule has 2 heteroatoms. The minimum atomic E-state index is 0.962. The molecule has 0 fully saturated rings.